The number of rotatable bonds is 7. The number of hydrogen-bond donors (Lipinski definition) is 7. The van der Waals surface area contributed by atoms with Crippen molar-refractivity contribution in [2.24, 2.45) is 0 Å². The summed E-state index contributed by atoms with van der Waals surface area (Å²) in [5.74, 6) is -1.74. The van der Waals surface area contributed by atoms with Gasteiger partial charge in [0, 0.05) is 24.2 Å². The summed E-state index contributed by atoms with van der Waals surface area (Å²) in [6.45, 7) is -0.663. The van der Waals surface area contributed by atoms with Gasteiger partial charge < -0.3 is 45.8 Å². The van der Waals surface area contributed by atoms with Crippen LogP contribution >= 0.6 is 0 Å². The predicted molar refractivity (Wildman–Crippen MR) is 108 cm³/mol. The molecule has 0 radical (unpaired) electrons. The average molecular weight is 435 g/mol. The van der Waals surface area contributed by atoms with Gasteiger partial charge >= 0.3 is 0 Å². The number of carbonyl (C=O) groups excluding carboxylic acids is 1. The summed E-state index contributed by atoms with van der Waals surface area (Å²) in [6, 6.07) is 8.96. The van der Waals surface area contributed by atoms with Gasteiger partial charge in [0.1, 0.15) is 47.2 Å². The summed E-state index contributed by atoms with van der Waals surface area (Å²) in [7, 11) is 0. The van der Waals surface area contributed by atoms with Crippen LogP contribution in [0, 0.1) is 0 Å². The second-order valence-electron chi connectivity index (χ2n) is 7.32. The van der Waals surface area contributed by atoms with E-state index in [0.717, 1.165) is 17.7 Å². The summed E-state index contributed by atoms with van der Waals surface area (Å²) in [5.41, 5.74) is 6.83. The maximum atomic E-state index is 12.8. The van der Waals surface area contributed by atoms with E-state index < -0.39 is 54.6 Å². The molecule has 1 fully saturated rings. The van der Waals surface area contributed by atoms with Gasteiger partial charge in [-0.1, -0.05) is 12.1 Å². The number of benzene rings is 2. The Morgan fingerprint density at radius 2 is 1.71 bits per heavy atom. The minimum atomic E-state index is -1.72. The smallest absolute Gasteiger partial charge is 0.229 e. The van der Waals surface area contributed by atoms with Crippen LogP contribution in [0.1, 0.15) is 22.3 Å². The standard InChI is InChI=1S/C21H25NO9/c22-11-4-1-10(2-5-11)3-6-13(25)17-14(26)7-12(24)8-15(17)30-21-20(29)19(28)18(27)16(9-23)31-21/h1-2,4-5,7-8,16,18-21,23-24,26-29H,3,6,9,22H2/t16-,18-,19+,20-,21-/m1/s1. The maximum absolute atomic E-state index is 12.8. The Bertz CT molecular complexity index is 916. The number of Topliss-reactive ketones (excluding diaryl/α,β-unsaturated/α-hetero) is 1. The third kappa shape index (κ3) is 5.06. The van der Waals surface area contributed by atoms with Gasteiger partial charge in [-0.25, -0.2) is 0 Å². The third-order valence-corrected chi connectivity index (χ3v) is 5.06. The van der Waals surface area contributed by atoms with E-state index in [4.69, 9.17) is 15.2 Å². The zero-order valence-corrected chi connectivity index (χ0v) is 16.5. The number of phenols is 2. The monoisotopic (exact) mass is 435 g/mol. The normalized spacial score (nSPS) is 25.9. The van der Waals surface area contributed by atoms with Crippen molar-refractivity contribution >= 4 is 11.5 Å². The van der Waals surface area contributed by atoms with Crippen molar-refractivity contribution < 1.29 is 44.9 Å². The number of ether oxygens (including phenoxy) is 2. The Balaban J connectivity index is 1.82. The molecule has 0 unspecified atom stereocenters. The molecule has 0 saturated carbocycles. The molecule has 0 bridgehead atoms. The number of phenolic OH excluding ortho intramolecular Hbond substituents is 2. The number of carbonyl (C=O) groups is 1. The van der Waals surface area contributed by atoms with Crippen LogP contribution in [-0.2, 0) is 11.2 Å². The van der Waals surface area contributed by atoms with E-state index in [9.17, 15) is 35.4 Å². The molecule has 31 heavy (non-hydrogen) atoms. The van der Waals surface area contributed by atoms with Crippen LogP contribution in [-0.4, -0.2) is 73.7 Å². The molecule has 10 nitrogen and oxygen atoms in total. The first-order valence-electron chi connectivity index (χ1n) is 9.62. The van der Waals surface area contributed by atoms with Gasteiger partial charge in [-0.05, 0) is 24.1 Å². The third-order valence-electron chi connectivity index (χ3n) is 5.06. The van der Waals surface area contributed by atoms with Gasteiger partial charge in [-0.3, -0.25) is 4.79 Å². The lowest BCUT2D eigenvalue weighted by molar-refractivity contribution is -0.277. The van der Waals surface area contributed by atoms with E-state index in [2.05, 4.69) is 0 Å². The fourth-order valence-electron chi connectivity index (χ4n) is 3.32. The highest BCUT2D eigenvalue weighted by atomic mass is 16.7. The summed E-state index contributed by atoms with van der Waals surface area (Å²) < 4.78 is 10.8. The molecule has 2 aromatic rings. The second kappa shape index (κ2) is 9.50. The highest BCUT2D eigenvalue weighted by Crippen LogP contribution is 2.36. The van der Waals surface area contributed by atoms with Crippen LogP contribution in [0.2, 0.25) is 0 Å². The van der Waals surface area contributed by atoms with Gasteiger partial charge in [-0.15, -0.1) is 0 Å². The molecule has 8 N–H and O–H groups in total. The molecule has 1 aliphatic rings. The van der Waals surface area contributed by atoms with Crippen molar-refractivity contribution in [1.29, 1.82) is 0 Å². The number of hydrogen-bond acceptors (Lipinski definition) is 10. The van der Waals surface area contributed by atoms with Crippen molar-refractivity contribution in [3.63, 3.8) is 0 Å². The Morgan fingerprint density at radius 1 is 1.03 bits per heavy atom. The molecule has 0 aromatic heterocycles. The SMILES string of the molecule is Nc1ccc(CCC(=O)c2c(O)cc(O)cc2O[C@@H]2O[C@H](CO)[C@@H](O)[C@H](O)[C@H]2O)cc1. The lowest BCUT2D eigenvalue weighted by atomic mass is 9.99. The van der Waals surface area contributed by atoms with Gasteiger partial charge in [0.05, 0.1) is 6.61 Å². The summed E-state index contributed by atoms with van der Waals surface area (Å²) >= 11 is 0. The van der Waals surface area contributed by atoms with Crippen molar-refractivity contribution in [2.45, 2.75) is 43.5 Å². The van der Waals surface area contributed by atoms with Crippen molar-refractivity contribution in [1.82, 2.24) is 0 Å². The van der Waals surface area contributed by atoms with E-state index in [-0.39, 0.29) is 17.7 Å². The van der Waals surface area contributed by atoms with Crippen molar-refractivity contribution in [2.75, 3.05) is 12.3 Å². The molecular formula is C21H25NO9. The molecule has 10 heteroatoms. The molecule has 0 amide bonds. The number of aliphatic hydroxyl groups excluding tert-OH is 4. The number of nitrogen functional groups attached to an aromatic ring is 1. The van der Waals surface area contributed by atoms with Crippen LogP contribution in [0.15, 0.2) is 36.4 Å². The fraction of sp³-hybridized carbons (Fsp3) is 0.381. The Morgan fingerprint density at radius 3 is 2.35 bits per heavy atom. The van der Waals surface area contributed by atoms with Gasteiger partial charge in [-0.2, -0.15) is 0 Å². The largest absolute Gasteiger partial charge is 0.508 e. The Hall–Kier alpha value is -2.89. The molecule has 1 saturated heterocycles. The molecular weight excluding hydrogens is 410 g/mol. The van der Waals surface area contributed by atoms with E-state index in [1.54, 1.807) is 24.3 Å². The molecule has 168 valence electrons. The first-order valence-corrected chi connectivity index (χ1v) is 9.62. The van der Waals surface area contributed by atoms with E-state index in [0.29, 0.717) is 12.1 Å². The molecule has 0 aliphatic carbocycles. The maximum Gasteiger partial charge on any atom is 0.229 e. The van der Waals surface area contributed by atoms with Crippen LogP contribution in [0.4, 0.5) is 5.69 Å². The predicted octanol–water partition coefficient (Wildman–Crippen LogP) is -0.326. The lowest BCUT2D eigenvalue weighted by Gasteiger charge is -2.39. The van der Waals surface area contributed by atoms with Gasteiger partial charge in [0.25, 0.3) is 0 Å². The number of aliphatic hydroxyl groups is 4. The number of aromatic hydroxyl groups is 2. The van der Waals surface area contributed by atoms with E-state index in [1.165, 1.54) is 0 Å². The minimum Gasteiger partial charge on any atom is -0.508 e. The molecule has 0 spiro atoms. The second-order valence-corrected chi connectivity index (χ2v) is 7.32. The number of anilines is 1. The molecule has 2 aromatic carbocycles. The minimum absolute atomic E-state index is 0.00665. The molecule has 3 rings (SSSR count). The van der Waals surface area contributed by atoms with Crippen molar-refractivity contribution in [3.8, 4) is 17.2 Å². The van der Waals surface area contributed by atoms with E-state index in [1.807, 2.05) is 0 Å². The van der Waals surface area contributed by atoms with Crippen LogP contribution in [0.25, 0.3) is 0 Å². The topological polar surface area (TPSA) is 183 Å². The van der Waals surface area contributed by atoms with Gasteiger partial charge in [0.15, 0.2) is 5.78 Å². The Kier molecular flexibility index (Phi) is 6.98. The van der Waals surface area contributed by atoms with Crippen LogP contribution in [0.3, 0.4) is 0 Å². The highest BCUT2D eigenvalue weighted by molar-refractivity contribution is 6.01. The fourth-order valence-corrected chi connectivity index (χ4v) is 3.32. The summed E-state index contributed by atoms with van der Waals surface area (Å²) in [5, 5.41) is 59.3. The first-order chi connectivity index (χ1) is 14.7. The molecule has 5 atom stereocenters. The van der Waals surface area contributed by atoms with Gasteiger partial charge in [0.2, 0.25) is 6.29 Å². The lowest BCUT2D eigenvalue weighted by Crippen LogP contribution is -2.60. The number of ketones is 1. The van der Waals surface area contributed by atoms with E-state index >= 15 is 0 Å². The Labute approximate surface area is 177 Å². The quantitative estimate of drug-likeness (QED) is 0.225. The number of aryl methyl sites for hydroxylation is 1. The zero-order chi connectivity index (χ0) is 22.7. The van der Waals surface area contributed by atoms with Crippen molar-refractivity contribution in [3.05, 3.63) is 47.5 Å². The molecule has 1 aliphatic heterocycles. The zero-order valence-electron chi connectivity index (χ0n) is 16.5. The first kappa shape index (κ1) is 22.8. The van der Waals surface area contributed by atoms with Crippen LogP contribution < -0.4 is 10.5 Å². The van der Waals surface area contributed by atoms with Crippen LogP contribution in [0.5, 0.6) is 17.2 Å². The molecule has 1 heterocycles. The average Bonchev–Trinajstić information content (AvgIpc) is 2.73. The summed E-state index contributed by atoms with van der Waals surface area (Å²) in [4.78, 5) is 12.8. The highest BCUT2D eigenvalue weighted by Gasteiger charge is 2.45. The summed E-state index contributed by atoms with van der Waals surface area (Å²) in [6.07, 6.45) is -7.46. The number of nitrogens with two attached hydrogens (primary N) is 1.